The highest BCUT2D eigenvalue weighted by Gasteiger charge is 2.37. The Hall–Kier alpha value is -1.89. The van der Waals surface area contributed by atoms with Crippen molar-refractivity contribution in [1.82, 2.24) is 20.1 Å². The molecule has 0 atom stereocenters. The van der Waals surface area contributed by atoms with Crippen LogP contribution >= 0.6 is 0 Å². The molecule has 3 N–H and O–H groups in total. The molecule has 3 rings (SSSR count). The maximum atomic E-state index is 6.22. The van der Waals surface area contributed by atoms with Crippen LogP contribution in [-0.4, -0.2) is 33.7 Å². The standard InChI is InChI=1S/C12H18N6O/c1-3-18(2)11-16-9(19-17-11)8-7-14-10(15-8)12(13)5-4-6-12/h7H,3-6,13H2,1-2H3,(H,14,15). The molecule has 7 nitrogen and oxygen atoms in total. The number of nitrogens with one attached hydrogen (secondary N) is 1. The summed E-state index contributed by atoms with van der Waals surface area (Å²) in [7, 11) is 1.91. The second-order valence-corrected chi connectivity index (χ2v) is 5.07. The Morgan fingerprint density at radius 1 is 1.53 bits per heavy atom. The third-order valence-corrected chi connectivity index (χ3v) is 3.75. The molecule has 2 aromatic heterocycles. The number of H-pyrrole nitrogens is 1. The van der Waals surface area contributed by atoms with Crippen LogP contribution in [0.4, 0.5) is 5.95 Å². The fourth-order valence-electron chi connectivity index (χ4n) is 2.10. The van der Waals surface area contributed by atoms with E-state index >= 15 is 0 Å². The van der Waals surface area contributed by atoms with Crippen LogP contribution in [0.1, 0.15) is 32.0 Å². The van der Waals surface area contributed by atoms with Crippen LogP contribution in [-0.2, 0) is 5.54 Å². The monoisotopic (exact) mass is 262 g/mol. The minimum atomic E-state index is -0.304. The first kappa shape index (κ1) is 12.2. The summed E-state index contributed by atoms with van der Waals surface area (Å²) in [6.07, 6.45) is 4.78. The number of aromatic nitrogens is 4. The minimum absolute atomic E-state index is 0.304. The minimum Gasteiger partial charge on any atom is -0.342 e. The molecule has 2 aromatic rings. The maximum Gasteiger partial charge on any atom is 0.277 e. The Morgan fingerprint density at radius 2 is 2.32 bits per heavy atom. The SMILES string of the molecule is CCN(C)c1noc(-c2cnc(C3(N)CCC3)[nH]2)n1. The molecule has 19 heavy (non-hydrogen) atoms. The van der Waals surface area contributed by atoms with E-state index in [-0.39, 0.29) is 5.54 Å². The van der Waals surface area contributed by atoms with Crippen LogP contribution < -0.4 is 10.6 Å². The van der Waals surface area contributed by atoms with Crippen molar-refractivity contribution < 1.29 is 4.52 Å². The van der Waals surface area contributed by atoms with Gasteiger partial charge < -0.3 is 20.1 Å². The molecule has 0 aromatic carbocycles. The lowest BCUT2D eigenvalue weighted by molar-refractivity contribution is 0.240. The second-order valence-electron chi connectivity index (χ2n) is 5.07. The van der Waals surface area contributed by atoms with Gasteiger partial charge in [0.1, 0.15) is 11.5 Å². The second kappa shape index (κ2) is 4.34. The average molecular weight is 262 g/mol. The molecule has 7 heteroatoms. The van der Waals surface area contributed by atoms with E-state index in [1.807, 2.05) is 18.9 Å². The largest absolute Gasteiger partial charge is 0.342 e. The Morgan fingerprint density at radius 3 is 2.95 bits per heavy atom. The smallest absolute Gasteiger partial charge is 0.277 e. The first-order chi connectivity index (χ1) is 9.12. The van der Waals surface area contributed by atoms with Gasteiger partial charge >= 0.3 is 0 Å². The normalized spacial score (nSPS) is 17.2. The number of aromatic amines is 1. The van der Waals surface area contributed by atoms with Gasteiger partial charge in [-0.05, 0) is 31.3 Å². The van der Waals surface area contributed by atoms with Crippen molar-refractivity contribution in [3.8, 4) is 11.6 Å². The van der Waals surface area contributed by atoms with E-state index in [0.717, 1.165) is 37.3 Å². The van der Waals surface area contributed by atoms with Gasteiger partial charge in [0.05, 0.1) is 11.7 Å². The molecule has 102 valence electrons. The van der Waals surface area contributed by atoms with E-state index in [1.54, 1.807) is 6.20 Å². The predicted molar refractivity (Wildman–Crippen MR) is 70.5 cm³/mol. The average Bonchev–Trinajstić information content (AvgIpc) is 3.03. The molecule has 0 saturated heterocycles. The van der Waals surface area contributed by atoms with Crippen molar-refractivity contribution in [3.05, 3.63) is 12.0 Å². The molecule has 0 amide bonds. The summed E-state index contributed by atoms with van der Waals surface area (Å²) in [5, 5.41) is 3.93. The molecule has 0 spiro atoms. The molecule has 0 radical (unpaired) electrons. The molecule has 1 saturated carbocycles. The number of rotatable bonds is 4. The Bertz CT molecular complexity index is 570. The highest BCUT2D eigenvalue weighted by molar-refractivity contribution is 5.48. The van der Waals surface area contributed by atoms with Gasteiger partial charge in [0.25, 0.3) is 11.8 Å². The summed E-state index contributed by atoms with van der Waals surface area (Å²) >= 11 is 0. The molecule has 0 aliphatic heterocycles. The van der Waals surface area contributed by atoms with Gasteiger partial charge in [0.15, 0.2) is 0 Å². The van der Waals surface area contributed by atoms with E-state index in [1.165, 1.54) is 0 Å². The van der Waals surface area contributed by atoms with Crippen molar-refractivity contribution in [2.24, 2.45) is 5.73 Å². The van der Waals surface area contributed by atoms with E-state index in [0.29, 0.717) is 11.8 Å². The number of hydrogen-bond acceptors (Lipinski definition) is 6. The highest BCUT2D eigenvalue weighted by atomic mass is 16.5. The molecule has 1 fully saturated rings. The predicted octanol–water partition coefficient (Wildman–Crippen LogP) is 1.25. The van der Waals surface area contributed by atoms with Crippen LogP contribution in [0.5, 0.6) is 0 Å². The summed E-state index contributed by atoms with van der Waals surface area (Å²) in [6, 6.07) is 0. The molecule has 1 aliphatic carbocycles. The number of nitrogens with two attached hydrogens (primary N) is 1. The first-order valence-electron chi connectivity index (χ1n) is 6.52. The fraction of sp³-hybridized carbons (Fsp3) is 0.583. The lowest BCUT2D eigenvalue weighted by atomic mass is 9.77. The van der Waals surface area contributed by atoms with Gasteiger partial charge in [-0.1, -0.05) is 0 Å². The third kappa shape index (κ3) is 1.99. The molecule has 1 aliphatic rings. The number of nitrogens with zero attached hydrogens (tertiary/aromatic N) is 4. The van der Waals surface area contributed by atoms with Crippen molar-refractivity contribution in [1.29, 1.82) is 0 Å². The van der Waals surface area contributed by atoms with Crippen molar-refractivity contribution in [2.75, 3.05) is 18.5 Å². The zero-order valence-electron chi connectivity index (χ0n) is 11.2. The zero-order valence-corrected chi connectivity index (χ0v) is 11.2. The Balaban J connectivity index is 1.84. The topological polar surface area (TPSA) is 96.9 Å². The third-order valence-electron chi connectivity index (χ3n) is 3.75. The van der Waals surface area contributed by atoms with Crippen LogP contribution in [0.15, 0.2) is 10.7 Å². The summed E-state index contributed by atoms with van der Waals surface area (Å²) in [6.45, 7) is 2.85. The van der Waals surface area contributed by atoms with E-state index in [2.05, 4.69) is 20.1 Å². The Labute approximate surface area is 111 Å². The molecule has 0 bridgehead atoms. The molecular weight excluding hydrogens is 244 g/mol. The van der Waals surface area contributed by atoms with Gasteiger partial charge in [-0.2, -0.15) is 4.98 Å². The van der Waals surface area contributed by atoms with Crippen LogP contribution in [0.25, 0.3) is 11.6 Å². The van der Waals surface area contributed by atoms with Crippen LogP contribution in [0.2, 0.25) is 0 Å². The summed E-state index contributed by atoms with van der Waals surface area (Å²) in [5.41, 5.74) is 6.64. The lowest BCUT2D eigenvalue weighted by Gasteiger charge is -2.35. The first-order valence-corrected chi connectivity index (χ1v) is 6.52. The molecule has 0 unspecified atom stereocenters. The number of imidazole rings is 1. The van der Waals surface area contributed by atoms with E-state index in [4.69, 9.17) is 10.3 Å². The van der Waals surface area contributed by atoms with Gasteiger partial charge in [0, 0.05) is 13.6 Å². The number of hydrogen-bond donors (Lipinski definition) is 2. The number of anilines is 1. The summed E-state index contributed by atoms with van der Waals surface area (Å²) in [5.74, 6) is 1.81. The highest BCUT2D eigenvalue weighted by Crippen LogP contribution is 2.37. The maximum absolute atomic E-state index is 6.22. The van der Waals surface area contributed by atoms with Crippen molar-refractivity contribution in [3.63, 3.8) is 0 Å². The summed E-state index contributed by atoms with van der Waals surface area (Å²) in [4.78, 5) is 13.8. The van der Waals surface area contributed by atoms with Gasteiger partial charge in [-0.25, -0.2) is 4.98 Å². The lowest BCUT2D eigenvalue weighted by Crippen LogP contribution is -2.44. The molecular formula is C12H18N6O. The van der Waals surface area contributed by atoms with Crippen LogP contribution in [0, 0.1) is 0 Å². The zero-order chi connectivity index (χ0) is 13.5. The quantitative estimate of drug-likeness (QED) is 0.860. The summed E-state index contributed by atoms with van der Waals surface area (Å²) < 4.78 is 5.24. The van der Waals surface area contributed by atoms with E-state index < -0.39 is 0 Å². The molecule has 2 heterocycles. The fourth-order valence-corrected chi connectivity index (χ4v) is 2.10. The van der Waals surface area contributed by atoms with Crippen molar-refractivity contribution in [2.45, 2.75) is 31.7 Å². The Kier molecular flexibility index (Phi) is 2.78. The van der Waals surface area contributed by atoms with E-state index in [9.17, 15) is 0 Å². The van der Waals surface area contributed by atoms with Gasteiger partial charge in [-0.15, -0.1) is 0 Å². The van der Waals surface area contributed by atoms with Crippen molar-refractivity contribution >= 4 is 5.95 Å². The van der Waals surface area contributed by atoms with Gasteiger partial charge in [-0.3, -0.25) is 0 Å². The van der Waals surface area contributed by atoms with Gasteiger partial charge in [0.2, 0.25) is 0 Å². The van der Waals surface area contributed by atoms with Crippen LogP contribution in [0.3, 0.4) is 0 Å².